The van der Waals surface area contributed by atoms with Crippen molar-refractivity contribution in [2.24, 2.45) is 5.14 Å². The molecule has 25 heavy (non-hydrogen) atoms. The second-order valence-electron chi connectivity index (χ2n) is 5.68. The quantitative estimate of drug-likeness (QED) is 0.450. The molecule has 5 N–H and O–H groups in total. The van der Waals surface area contributed by atoms with Crippen LogP contribution in [0.2, 0.25) is 0 Å². The molecule has 0 aromatic heterocycles. The number of H-pyrrole nitrogens is 2. The third-order valence-electron chi connectivity index (χ3n) is 4.13. The first-order valence-corrected chi connectivity index (χ1v) is 9.07. The highest BCUT2D eigenvalue weighted by Crippen LogP contribution is 2.41. The molecule has 2 aromatic carbocycles. The van der Waals surface area contributed by atoms with Crippen LogP contribution in [0, 0.1) is 0 Å². The molecule has 128 valence electrons. The van der Waals surface area contributed by atoms with E-state index in [1.54, 1.807) is 19.2 Å². The van der Waals surface area contributed by atoms with Crippen molar-refractivity contribution >= 4 is 32.3 Å². The standard InChI is InChI=1S/C17H16N4O3S/c1-24-15-7-3-6-12-13(15)9-14-16(12)20-21-17(14)19-10-4-2-5-11(8-10)25(18,22)23/h2-9,19-21H,1H3,(H2,18,22,23). The molecule has 1 heterocycles. The van der Waals surface area contributed by atoms with Crippen molar-refractivity contribution in [1.82, 2.24) is 10.2 Å². The molecule has 1 aliphatic heterocycles. The molecule has 8 heteroatoms. The van der Waals surface area contributed by atoms with Gasteiger partial charge in [-0.15, -0.1) is 0 Å². The minimum absolute atomic E-state index is 0.0543. The lowest BCUT2D eigenvalue weighted by atomic mass is 10.2. The zero-order valence-electron chi connectivity index (χ0n) is 13.3. The van der Waals surface area contributed by atoms with Crippen LogP contribution in [0.5, 0.6) is 5.75 Å². The van der Waals surface area contributed by atoms with Crippen molar-refractivity contribution in [3.05, 3.63) is 48.5 Å². The van der Waals surface area contributed by atoms with Crippen LogP contribution < -0.4 is 15.2 Å². The van der Waals surface area contributed by atoms with E-state index >= 15 is 0 Å². The van der Waals surface area contributed by atoms with Gasteiger partial charge in [0.25, 0.3) is 0 Å². The number of hydrogen-bond donors (Lipinski definition) is 4. The van der Waals surface area contributed by atoms with Crippen LogP contribution in [0.4, 0.5) is 11.5 Å². The molecular weight excluding hydrogens is 340 g/mol. The van der Waals surface area contributed by atoms with Gasteiger partial charge in [-0.3, -0.25) is 10.2 Å². The number of anilines is 2. The van der Waals surface area contributed by atoms with Crippen molar-refractivity contribution in [3.63, 3.8) is 0 Å². The molecule has 0 amide bonds. The molecule has 0 radical (unpaired) electrons. The molecule has 0 bridgehead atoms. The lowest BCUT2D eigenvalue weighted by Gasteiger charge is -2.06. The Morgan fingerprint density at radius 3 is 2.60 bits per heavy atom. The lowest BCUT2D eigenvalue weighted by Crippen LogP contribution is -2.12. The van der Waals surface area contributed by atoms with Crippen molar-refractivity contribution in [1.29, 1.82) is 0 Å². The number of ether oxygens (including phenoxy) is 1. The summed E-state index contributed by atoms with van der Waals surface area (Å²) in [6.45, 7) is 0. The summed E-state index contributed by atoms with van der Waals surface area (Å²) in [7, 11) is -2.11. The molecule has 7 nitrogen and oxygen atoms in total. The Morgan fingerprint density at radius 1 is 1.04 bits per heavy atom. The Morgan fingerprint density at radius 2 is 1.84 bits per heavy atom. The maximum atomic E-state index is 11.5. The number of aromatic nitrogens is 2. The zero-order valence-corrected chi connectivity index (χ0v) is 14.1. The zero-order chi connectivity index (χ0) is 17.6. The first-order chi connectivity index (χ1) is 12.0. The van der Waals surface area contributed by atoms with Crippen LogP contribution in [0.15, 0.2) is 53.4 Å². The average Bonchev–Trinajstić information content (AvgIpc) is 3.14. The highest BCUT2D eigenvalue weighted by atomic mass is 32.2. The number of nitrogens with one attached hydrogen (secondary N) is 3. The Kier molecular flexibility index (Phi) is 3.45. The van der Waals surface area contributed by atoms with E-state index in [2.05, 4.69) is 15.5 Å². The molecular formula is C17H16N4O3S. The minimum Gasteiger partial charge on any atom is -0.496 e. The van der Waals surface area contributed by atoms with E-state index < -0.39 is 10.0 Å². The van der Waals surface area contributed by atoms with Gasteiger partial charge in [0.05, 0.1) is 17.7 Å². The van der Waals surface area contributed by atoms with Crippen LogP contribution in [-0.2, 0) is 10.0 Å². The Bertz CT molecular complexity index is 1140. The summed E-state index contributed by atoms with van der Waals surface area (Å²) >= 11 is 0. The van der Waals surface area contributed by atoms with Gasteiger partial charge in [-0.25, -0.2) is 13.6 Å². The van der Waals surface area contributed by atoms with Gasteiger partial charge in [0, 0.05) is 22.0 Å². The third kappa shape index (κ3) is 2.61. The van der Waals surface area contributed by atoms with Crippen LogP contribution in [0.1, 0.15) is 0 Å². The Hall–Kier alpha value is -2.97. The first-order valence-electron chi connectivity index (χ1n) is 7.53. The van der Waals surface area contributed by atoms with E-state index in [1.165, 1.54) is 12.1 Å². The second kappa shape index (κ2) is 5.54. The molecule has 0 unspecified atom stereocenters. The molecule has 0 fully saturated rings. The molecule has 2 aromatic rings. The molecule has 2 aliphatic rings. The molecule has 0 atom stereocenters. The van der Waals surface area contributed by atoms with E-state index in [1.807, 2.05) is 24.3 Å². The number of hydrogen-bond acceptors (Lipinski definition) is 4. The molecule has 0 spiro atoms. The van der Waals surface area contributed by atoms with Gasteiger partial charge >= 0.3 is 0 Å². The average molecular weight is 356 g/mol. The largest absolute Gasteiger partial charge is 0.496 e. The van der Waals surface area contributed by atoms with Gasteiger partial charge in [0.1, 0.15) is 11.6 Å². The normalized spacial score (nSPS) is 11.9. The number of nitrogens with two attached hydrogens (primary N) is 1. The van der Waals surface area contributed by atoms with Gasteiger partial charge < -0.3 is 10.1 Å². The van der Waals surface area contributed by atoms with Crippen molar-refractivity contribution in [3.8, 4) is 17.0 Å². The molecule has 0 saturated carbocycles. The summed E-state index contributed by atoms with van der Waals surface area (Å²) in [5, 5.41) is 16.6. The fourth-order valence-corrected chi connectivity index (χ4v) is 3.53. The monoisotopic (exact) mass is 356 g/mol. The van der Waals surface area contributed by atoms with E-state index in [9.17, 15) is 8.42 Å². The van der Waals surface area contributed by atoms with Gasteiger partial charge in [-0.1, -0.05) is 18.2 Å². The number of fused-ring (bicyclic) bond motifs is 3. The smallest absolute Gasteiger partial charge is 0.238 e. The van der Waals surface area contributed by atoms with Crippen LogP contribution in [-0.4, -0.2) is 25.7 Å². The minimum atomic E-state index is -3.75. The van der Waals surface area contributed by atoms with E-state index in [4.69, 9.17) is 9.88 Å². The lowest BCUT2D eigenvalue weighted by molar-refractivity contribution is 0.420. The van der Waals surface area contributed by atoms with Crippen molar-refractivity contribution < 1.29 is 13.2 Å². The Balaban J connectivity index is 1.77. The van der Waals surface area contributed by atoms with Gasteiger partial charge in [-0.2, -0.15) is 0 Å². The number of methoxy groups -OCH3 is 1. The van der Waals surface area contributed by atoms with E-state index in [0.29, 0.717) is 5.69 Å². The van der Waals surface area contributed by atoms with Gasteiger partial charge in [-0.05, 0) is 30.3 Å². The fraction of sp³-hybridized carbons (Fsp3) is 0.0588. The molecule has 4 rings (SSSR count). The topological polar surface area (TPSA) is 113 Å². The fourth-order valence-electron chi connectivity index (χ4n) is 2.97. The predicted molar refractivity (Wildman–Crippen MR) is 96.9 cm³/mol. The number of aromatic amines is 2. The maximum absolute atomic E-state index is 11.5. The maximum Gasteiger partial charge on any atom is 0.238 e. The molecule has 0 saturated heterocycles. The second-order valence-corrected chi connectivity index (χ2v) is 7.24. The SMILES string of the molecule is COc1cccc2c3[nH][nH]c(Nc4cccc(S(N)(=O)=O)c4)c-3cc12. The van der Waals surface area contributed by atoms with Gasteiger partial charge in [0.15, 0.2) is 0 Å². The van der Waals surface area contributed by atoms with E-state index in [-0.39, 0.29) is 4.90 Å². The molecule has 1 aliphatic carbocycles. The Labute approximate surface area is 144 Å². The number of benzene rings is 2. The summed E-state index contributed by atoms with van der Waals surface area (Å²) in [6.07, 6.45) is 0. The van der Waals surface area contributed by atoms with Crippen LogP contribution in [0.3, 0.4) is 0 Å². The van der Waals surface area contributed by atoms with Crippen molar-refractivity contribution in [2.45, 2.75) is 4.90 Å². The first kappa shape index (κ1) is 15.6. The van der Waals surface area contributed by atoms with Crippen molar-refractivity contribution in [2.75, 3.05) is 12.4 Å². The summed E-state index contributed by atoms with van der Waals surface area (Å²) in [5.74, 6) is 1.52. The highest BCUT2D eigenvalue weighted by molar-refractivity contribution is 7.89. The summed E-state index contributed by atoms with van der Waals surface area (Å²) in [5.41, 5.74) is 2.50. The van der Waals surface area contributed by atoms with Crippen LogP contribution in [0.25, 0.3) is 22.0 Å². The third-order valence-corrected chi connectivity index (χ3v) is 5.04. The van der Waals surface area contributed by atoms with Crippen LogP contribution >= 0.6 is 0 Å². The van der Waals surface area contributed by atoms with Gasteiger partial charge in [0.2, 0.25) is 10.0 Å². The highest BCUT2D eigenvalue weighted by Gasteiger charge is 2.19. The number of sulfonamides is 1. The number of rotatable bonds is 4. The summed E-state index contributed by atoms with van der Waals surface area (Å²) < 4.78 is 28.4. The summed E-state index contributed by atoms with van der Waals surface area (Å²) in [4.78, 5) is 0.0543. The van der Waals surface area contributed by atoms with E-state index in [0.717, 1.165) is 33.6 Å². The summed E-state index contributed by atoms with van der Waals surface area (Å²) in [6, 6.07) is 14.2. The number of primary sulfonamides is 1. The predicted octanol–water partition coefficient (Wildman–Crippen LogP) is 3.00.